The van der Waals surface area contributed by atoms with Crippen LogP contribution in [-0.4, -0.2) is 42.5 Å². The zero-order valence-electron chi connectivity index (χ0n) is 19.7. The Morgan fingerprint density at radius 1 is 1.15 bits per heavy atom. The number of ether oxygens (including phenoxy) is 2. The molecule has 3 aromatic rings. The van der Waals surface area contributed by atoms with Crippen molar-refractivity contribution < 1.29 is 19.1 Å². The van der Waals surface area contributed by atoms with E-state index < -0.39 is 0 Å². The molecule has 0 spiro atoms. The number of carbonyl (C=O) groups excluding carboxylic acids is 2. The first kappa shape index (κ1) is 22.3. The van der Waals surface area contributed by atoms with E-state index in [1.165, 1.54) is 0 Å². The summed E-state index contributed by atoms with van der Waals surface area (Å²) >= 11 is 0. The number of nitrogens with zero attached hydrogens (tertiary/aromatic N) is 1. The zero-order chi connectivity index (χ0) is 23.7. The Labute approximate surface area is 199 Å². The second kappa shape index (κ2) is 9.37. The highest BCUT2D eigenvalue weighted by molar-refractivity contribution is 6.07. The minimum absolute atomic E-state index is 0.0239. The van der Waals surface area contributed by atoms with Gasteiger partial charge >= 0.3 is 0 Å². The predicted molar refractivity (Wildman–Crippen MR) is 133 cm³/mol. The maximum atomic E-state index is 13.4. The number of nitrogens with one attached hydrogen (secondary N) is 1. The van der Waals surface area contributed by atoms with Gasteiger partial charge in [0, 0.05) is 36.7 Å². The fourth-order valence-corrected chi connectivity index (χ4v) is 5.00. The van der Waals surface area contributed by atoms with Crippen LogP contribution in [0.25, 0.3) is 10.8 Å². The molecule has 0 aliphatic carbocycles. The van der Waals surface area contributed by atoms with E-state index in [9.17, 15) is 9.59 Å². The Kier molecular flexibility index (Phi) is 6.14. The van der Waals surface area contributed by atoms with Crippen LogP contribution in [0.5, 0.6) is 11.5 Å². The van der Waals surface area contributed by atoms with Crippen LogP contribution in [0, 0.1) is 5.92 Å². The molecule has 6 nitrogen and oxygen atoms in total. The maximum absolute atomic E-state index is 13.4. The summed E-state index contributed by atoms with van der Waals surface area (Å²) in [6, 6.07) is 17.5. The molecule has 6 heteroatoms. The minimum Gasteiger partial charge on any atom is -0.492 e. The predicted octanol–water partition coefficient (Wildman–Crippen LogP) is 5.05. The standard InChI is InChI=1S/C28H30N2O4/c1-3-33-26-15-21-14-18(2)34-25(21)16-24(26)29-27(31)20-10-7-13-30(17-20)28(32)23-12-6-9-19-8-4-5-11-22(19)23/h4-6,8-9,11-12,15-16,18,20H,3,7,10,13-14,17H2,1-2H3,(H,29,31)/t18-,20+/m0/s1. The first-order valence-corrected chi connectivity index (χ1v) is 12.1. The molecular formula is C28H30N2O4. The molecule has 3 aromatic carbocycles. The van der Waals surface area contributed by atoms with E-state index >= 15 is 0 Å². The SMILES string of the molecule is CCOc1cc2c(cc1NC(=O)[C@@H]1CCCN(C(=O)c3cccc4ccccc34)C1)O[C@@H](C)C2. The van der Waals surface area contributed by atoms with E-state index in [0.717, 1.165) is 41.3 Å². The first-order chi connectivity index (χ1) is 16.5. The van der Waals surface area contributed by atoms with Gasteiger partial charge in [0.2, 0.25) is 5.91 Å². The average molecular weight is 459 g/mol. The van der Waals surface area contributed by atoms with Crippen molar-refractivity contribution in [1.82, 2.24) is 4.90 Å². The smallest absolute Gasteiger partial charge is 0.254 e. The van der Waals surface area contributed by atoms with Crippen molar-refractivity contribution in [2.24, 2.45) is 5.92 Å². The molecule has 1 saturated heterocycles. The van der Waals surface area contributed by atoms with Gasteiger partial charge in [-0.3, -0.25) is 9.59 Å². The zero-order valence-corrected chi connectivity index (χ0v) is 19.7. The highest BCUT2D eigenvalue weighted by Crippen LogP contribution is 2.38. The Balaban J connectivity index is 1.33. The number of piperidine rings is 1. The molecule has 0 unspecified atom stereocenters. The molecule has 0 saturated carbocycles. The van der Waals surface area contributed by atoms with Crippen LogP contribution in [-0.2, 0) is 11.2 Å². The van der Waals surface area contributed by atoms with Gasteiger partial charge in [-0.2, -0.15) is 0 Å². The summed E-state index contributed by atoms with van der Waals surface area (Å²) < 4.78 is 11.7. The van der Waals surface area contributed by atoms with Gasteiger partial charge in [0.25, 0.3) is 5.91 Å². The van der Waals surface area contributed by atoms with Crippen LogP contribution in [0.3, 0.4) is 0 Å². The largest absolute Gasteiger partial charge is 0.492 e. The summed E-state index contributed by atoms with van der Waals surface area (Å²) in [4.78, 5) is 28.5. The molecule has 176 valence electrons. The van der Waals surface area contributed by atoms with Crippen LogP contribution >= 0.6 is 0 Å². The Morgan fingerprint density at radius 2 is 1.97 bits per heavy atom. The van der Waals surface area contributed by atoms with E-state index in [1.54, 1.807) is 0 Å². The van der Waals surface area contributed by atoms with Crippen molar-refractivity contribution in [2.45, 2.75) is 39.2 Å². The van der Waals surface area contributed by atoms with Crippen LogP contribution in [0.4, 0.5) is 5.69 Å². The number of hydrogen-bond acceptors (Lipinski definition) is 4. The molecule has 1 fully saturated rings. The van der Waals surface area contributed by atoms with Crippen molar-refractivity contribution >= 4 is 28.3 Å². The van der Waals surface area contributed by atoms with Gasteiger partial charge in [-0.05, 0) is 49.6 Å². The normalized spacial score (nSPS) is 19.4. The molecule has 2 amide bonds. The van der Waals surface area contributed by atoms with Crippen LogP contribution < -0.4 is 14.8 Å². The van der Waals surface area contributed by atoms with Crippen LogP contribution in [0.15, 0.2) is 54.6 Å². The second-order valence-electron chi connectivity index (χ2n) is 9.13. The van der Waals surface area contributed by atoms with E-state index in [0.29, 0.717) is 36.7 Å². The Bertz CT molecular complexity index is 1230. The Morgan fingerprint density at radius 3 is 2.82 bits per heavy atom. The number of benzene rings is 3. The molecule has 0 aromatic heterocycles. The number of rotatable bonds is 5. The highest BCUT2D eigenvalue weighted by Gasteiger charge is 2.30. The molecule has 0 radical (unpaired) electrons. The number of carbonyl (C=O) groups is 2. The lowest BCUT2D eigenvalue weighted by atomic mass is 9.95. The van der Waals surface area contributed by atoms with Gasteiger partial charge in [0.15, 0.2) is 0 Å². The summed E-state index contributed by atoms with van der Waals surface area (Å²) in [7, 11) is 0. The van der Waals surface area contributed by atoms with Crippen LogP contribution in [0.1, 0.15) is 42.6 Å². The fraction of sp³-hybridized carbons (Fsp3) is 0.357. The van der Waals surface area contributed by atoms with Crippen molar-refractivity contribution in [3.63, 3.8) is 0 Å². The Hall–Kier alpha value is -3.54. The summed E-state index contributed by atoms with van der Waals surface area (Å²) in [6.07, 6.45) is 2.48. The van der Waals surface area contributed by atoms with Gasteiger partial charge < -0.3 is 19.7 Å². The molecule has 2 aliphatic heterocycles. The quantitative estimate of drug-likeness (QED) is 0.581. The number of fused-ring (bicyclic) bond motifs is 2. The summed E-state index contributed by atoms with van der Waals surface area (Å²) in [6.45, 7) is 5.52. The third-order valence-electron chi connectivity index (χ3n) is 6.66. The van der Waals surface area contributed by atoms with E-state index in [1.807, 2.05) is 73.3 Å². The van der Waals surface area contributed by atoms with Gasteiger partial charge in [-0.15, -0.1) is 0 Å². The molecule has 2 aliphatic rings. The number of hydrogen-bond donors (Lipinski definition) is 1. The fourth-order valence-electron chi connectivity index (χ4n) is 5.00. The molecule has 1 N–H and O–H groups in total. The van der Waals surface area contributed by atoms with Crippen molar-refractivity contribution in [1.29, 1.82) is 0 Å². The second-order valence-corrected chi connectivity index (χ2v) is 9.13. The van der Waals surface area contributed by atoms with Crippen LogP contribution in [0.2, 0.25) is 0 Å². The molecule has 0 bridgehead atoms. The maximum Gasteiger partial charge on any atom is 0.254 e. The lowest BCUT2D eigenvalue weighted by molar-refractivity contribution is -0.121. The lowest BCUT2D eigenvalue weighted by Crippen LogP contribution is -2.43. The summed E-state index contributed by atoms with van der Waals surface area (Å²) in [5.74, 6) is 1.05. The van der Waals surface area contributed by atoms with Crippen molar-refractivity contribution in [2.75, 3.05) is 25.0 Å². The number of anilines is 1. The molecule has 34 heavy (non-hydrogen) atoms. The van der Waals surface area contributed by atoms with Gasteiger partial charge in [-0.1, -0.05) is 36.4 Å². The topological polar surface area (TPSA) is 67.9 Å². The molecule has 2 heterocycles. The lowest BCUT2D eigenvalue weighted by Gasteiger charge is -2.32. The van der Waals surface area contributed by atoms with Crippen molar-refractivity contribution in [3.05, 3.63) is 65.7 Å². The third-order valence-corrected chi connectivity index (χ3v) is 6.66. The third kappa shape index (κ3) is 4.32. The molecular weight excluding hydrogens is 428 g/mol. The minimum atomic E-state index is -0.282. The van der Waals surface area contributed by atoms with E-state index in [4.69, 9.17) is 9.47 Å². The summed E-state index contributed by atoms with van der Waals surface area (Å²) in [5, 5.41) is 5.03. The van der Waals surface area contributed by atoms with Gasteiger partial charge in [-0.25, -0.2) is 0 Å². The van der Waals surface area contributed by atoms with E-state index in [-0.39, 0.29) is 23.8 Å². The molecule has 5 rings (SSSR count). The van der Waals surface area contributed by atoms with Gasteiger partial charge in [0.05, 0.1) is 18.2 Å². The van der Waals surface area contributed by atoms with Crippen molar-refractivity contribution in [3.8, 4) is 11.5 Å². The number of likely N-dealkylation sites (tertiary alicyclic amines) is 1. The number of amides is 2. The first-order valence-electron chi connectivity index (χ1n) is 12.1. The summed E-state index contributed by atoms with van der Waals surface area (Å²) in [5.41, 5.74) is 2.40. The molecule has 2 atom stereocenters. The van der Waals surface area contributed by atoms with E-state index in [2.05, 4.69) is 5.32 Å². The monoisotopic (exact) mass is 458 g/mol. The highest BCUT2D eigenvalue weighted by atomic mass is 16.5. The average Bonchev–Trinajstić information content (AvgIpc) is 3.22. The van der Waals surface area contributed by atoms with Gasteiger partial charge in [0.1, 0.15) is 17.6 Å².